The van der Waals surface area contributed by atoms with Crippen LogP contribution in [0.4, 0.5) is 0 Å². The van der Waals surface area contributed by atoms with E-state index < -0.39 is 11.4 Å². The van der Waals surface area contributed by atoms with Crippen molar-refractivity contribution in [3.8, 4) is 5.75 Å². The first-order valence-corrected chi connectivity index (χ1v) is 10.5. The number of rotatable bonds is 5. The Morgan fingerprint density at radius 1 is 1.17 bits per heavy atom. The molecule has 0 unspecified atom stereocenters. The van der Waals surface area contributed by atoms with E-state index in [9.17, 15) is 14.4 Å². The van der Waals surface area contributed by atoms with Gasteiger partial charge in [0.25, 0.3) is 5.91 Å². The molecule has 30 heavy (non-hydrogen) atoms. The summed E-state index contributed by atoms with van der Waals surface area (Å²) in [5.41, 5.74) is 0.436. The minimum absolute atomic E-state index is 0.0596. The summed E-state index contributed by atoms with van der Waals surface area (Å²) in [5, 5.41) is 0. The molecule has 2 fully saturated rings. The van der Waals surface area contributed by atoms with Crippen LogP contribution < -0.4 is 10.2 Å². The molecule has 2 aromatic rings. The number of esters is 1. The molecule has 0 N–H and O–H groups in total. The van der Waals surface area contributed by atoms with Gasteiger partial charge >= 0.3 is 5.97 Å². The molecule has 1 amide bonds. The number of ether oxygens (including phenoxy) is 2. The van der Waals surface area contributed by atoms with E-state index in [-0.39, 0.29) is 48.2 Å². The van der Waals surface area contributed by atoms with Crippen LogP contribution in [0.15, 0.2) is 41.3 Å². The lowest BCUT2D eigenvalue weighted by molar-refractivity contribution is 0.0465. The number of fused-ring (bicyclic) bond motifs is 6. The second-order valence-corrected chi connectivity index (χ2v) is 8.20. The SMILES string of the molecule is CCOC(=O)c1cn2c(c(OCc3ccccc3)c1=O)C(=O)N1[C@@H]3CC[C@@H](C3)[C@H]1C2. The van der Waals surface area contributed by atoms with E-state index in [4.69, 9.17) is 9.47 Å². The van der Waals surface area contributed by atoms with Crippen molar-refractivity contribution in [3.63, 3.8) is 0 Å². The van der Waals surface area contributed by atoms with Gasteiger partial charge in [-0.3, -0.25) is 9.59 Å². The van der Waals surface area contributed by atoms with Crippen molar-refractivity contribution in [3.05, 3.63) is 63.6 Å². The number of carbonyl (C=O) groups is 2. The van der Waals surface area contributed by atoms with Gasteiger partial charge in [-0.15, -0.1) is 0 Å². The van der Waals surface area contributed by atoms with Crippen LogP contribution in [0.3, 0.4) is 0 Å². The smallest absolute Gasteiger partial charge is 0.343 e. The average molecular weight is 408 g/mol. The molecule has 3 heterocycles. The second-order valence-electron chi connectivity index (χ2n) is 8.20. The summed E-state index contributed by atoms with van der Waals surface area (Å²) in [7, 11) is 0. The maximum atomic E-state index is 13.4. The van der Waals surface area contributed by atoms with E-state index >= 15 is 0 Å². The van der Waals surface area contributed by atoms with E-state index in [1.807, 2.05) is 35.2 Å². The third-order valence-corrected chi connectivity index (χ3v) is 6.52. The standard InChI is InChI=1S/C23H24N2O5/c1-2-29-23(28)17-11-24-12-18-15-8-9-16(10-15)25(18)22(27)19(24)21(20(17)26)30-13-14-6-4-3-5-7-14/h3-7,11,15-16,18H,2,8-10,12-13H2,1H3/t15-,16+,18+/m0/s1. The zero-order valence-electron chi connectivity index (χ0n) is 16.9. The molecular formula is C23H24N2O5. The minimum Gasteiger partial charge on any atom is -0.483 e. The molecule has 1 saturated carbocycles. The largest absolute Gasteiger partial charge is 0.483 e. The summed E-state index contributed by atoms with van der Waals surface area (Å²) in [6, 6.07) is 9.78. The summed E-state index contributed by atoms with van der Waals surface area (Å²) in [5.74, 6) is -0.443. The number of amides is 1. The Hall–Kier alpha value is -3.09. The Morgan fingerprint density at radius 3 is 2.73 bits per heavy atom. The highest BCUT2D eigenvalue weighted by atomic mass is 16.5. The maximum Gasteiger partial charge on any atom is 0.343 e. The molecule has 7 heteroatoms. The third kappa shape index (κ3) is 2.91. The predicted octanol–water partition coefficient (Wildman–Crippen LogP) is 2.61. The van der Waals surface area contributed by atoms with Crippen LogP contribution in [0.25, 0.3) is 0 Å². The van der Waals surface area contributed by atoms with Crippen molar-refractivity contribution < 1.29 is 19.1 Å². The Kier molecular flexibility index (Phi) is 4.60. The quantitative estimate of drug-likeness (QED) is 0.711. The molecule has 1 aromatic carbocycles. The summed E-state index contributed by atoms with van der Waals surface area (Å²) in [4.78, 5) is 41.0. The van der Waals surface area contributed by atoms with E-state index in [0.29, 0.717) is 12.5 Å². The maximum absolute atomic E-state index is 13.4. The van der Waals surface area contributed by atoms with Crippen molar-refractivity contribution >= 4 is 11.9 Å². The third-order valence-electron chi connectivity index (χ3n) is 6.52. The fourth-order valence-electron chi connectivity index (χ4n) is 5.19. The number of aromatic nitrogens is 1. The van der Waals surface area contributed by atoms with E-state index in [1.54, 1.807) is 11.5 Å². The molecule has 2 aliphatic heterocycles. The first-order chi connectivity index (χ1) is 14.6. The number of carbonyl (C=O) groups excluding carboxylic acids is 2. The molecule has 0 radical (unpaired) electrons. The van der Waals surface area contributed by atoms with Crippen LogP contribution in [-0.2, 0) is 17.9 Å². The van der Waals surface area contributed by atoms with Gasteiger partial charge in [0.05, 0.1) is 12.6 Å². The number of piperidine rings is 1. The van der Waals surface area contributed by atoms with Gasteiger partial charge in [0, 0.05) is 18.8 Å². The normalized spacial score (nSPS) is 23.8. The highest BCUT2D eigenvalue weighted by molar-refractivity contribution is 5.98. The van der Waals surface area contributed by atoms with E-state index in [2.05, 4.69) is 0 Å². The Morgan fingerprint density at radius 2 is 1.97 bits per heavy atom. The van der Waals surface area contributed by atoms with Crippen molar-refractivity contribution in [2.24, 2.45) is 5.92 Å². The highest BCUT2D eigenvalue weighted by Gasteiger charge is 2.51. The van der Waals surface area contributed by atoms with Crippen LogP contribution in [0.1, 0.15) is 52.6 Å². The molecular weight excluding hydrogens is 384 g/mol. The Bertz CT molecular complexity index is 1060. The number of nitrogens with zero attached hydrogens (tertiary/aromatic N) is 2. The van der Waals surface area contributed by atoms with Crippen molar-refractivity contribution in [1.82, 2.24) is 9.47 Å². The van der Waals surface area contributed by atoms with Crippen molar-refractivity contribution in [1.29, 1.82) is 0 Å². The first kappa shape index (κ1) is 18.9. The zero-order valence-corrected chi connectivity index (χ0v) is 16.9. The molecule has 7 nitrogen and oxygen atoms in total. The Labute approximate surface area is 174 Å². The van der Waals surface area contributed by atoms with Crippen molar-refractivity contribution in [2.75, 3.05) is 6.61 Å². The fraction of sp³-hybridized carbons (Fsp3) is 0.435. The van der Waals surface area contributed by atoms with Gasteiger partial charge in [-0.25, -0.2) is 4.79 Å². The monoisotopic (exact) mass is 408 g/mol. The summed E-state index contributed by atoms with van der Waals surface area (Å²) in [6.07, 6.45) is 4.63. The summed E-state index contributed by atoms with van der Waals surface area (Å²) >= 11 is 0. The summed E-state index contributed by atoms with van der Waals surface area (Å²) in [6.45, 7) is 2.56. The van der Waals surface area contributed by atoms with Crippen LogP contribution >= 0.6 is 0 Å². The van der Waals surface area contributed by atoms with E-state index in [0.717, 1.165) is 24.8 Å². The van der Waals surface area contributed by atoms with Gasteiger partial charge in [0.15, 0.2) is 11.4 Å². The van der Waals surface area contributed by atoms with Crippen LogP contribution in [0, 0.1) is 5.92 Å². The number of pyridine rings is 1. The lowest BCUT2D eigenvalue weighted by Crippen LogP contribution is -2.52. The van der Waals surface area contributed by atoms with Gasteiger partial charge in [-0.1, -0.05) is 30.3 Å². The minimum atomic E-state index is -0.690. The fourth-order valence-corrected chi connectivity index (χ4v) is 5.19. The zero-order chi connectivity index (χ0) is 20.8. The first-order valence-electron chi connectivity index (χ1n) is 10.5. The Balaban J connectivity index is 1.59. The number of hydrogen-bond acceptors (Lipinski definition) is 5. The van der Waals surface area contributed by atoms with E-state index in [1.165, 1.54) is 6.20 Å². The van der Waals surface area contributed by atoms with Crippen molar-refractivity contribution in [2.45, 2.75) is 51.4 Å². The van der Waals surface area contributed by atoms with Gasteiger partial charge in [-0.2, -0.15) is 0 Å². The molecule has 2 bridgehead atoms. The molecule has 156 valence electrons. The second kappa shape index (κ2) is 7.31. The van der Waals surface area contributed by atoms with Gasteiger partial charge in [0.1, 0.15) is 12.2 Å². The van der Waals surface area contributed by atoms with Gasteiger partial charge in [-0.05, 0) is 37.7 Å². The average Bonchev–Trinajstić information content (AvgIpc) is 3.36. The molecule has 5 rings (SSSR count). The molecule has 0 spiro atoms. The topological polar surface area (TPSA) is 77.8 Å². The van der Waals surface area contributed by atoms with Crippen LogP contribution in [0.2, 0.25) is 0 Å². The molecule has 3 aliphatic rings. The van der Waals surface area contributed by atoms with Crippen LogP contribution in [0.5, 0.6) is 5.75 Å². The number of benzene rings is 1. The predicted molar refractivity (Wildman–Crippen MR) is 109 cm³/mol. The lowest BCUT2D eigenvalue weighted by Gasteiger charge is -2.40. The summed E-state index contributed by atoms with van der Waals surface area (Å²) < 4.78 is 12.7. The molecule has 1 aliphatic carbocycles. The van der Waals surface area contributed by atoms with Gasteiger partial charge in [0.2, 0.25) is 5.43 Å². The molecule has 1 aromatic heterocycles. The van der Waals surface area contributed by atoms with Gasteiger partial charge < -0.3 is 18.9 Å². The molecule has 1 saturated heterocycles. The van der Waals surface area contributed by atoms with Crippen LogP contribution in [-0.4, -0.2) is 40.0 Å². The number of hydrogen-bond donors (Lipinski definition) is 0. The highest BCUT2D eigenvalue weighted by Crippen LogP contribution is 2.46. The molecule has 3 atom stereocenters. The lowest BCUT2D eigenvalue weighted by atomic mass is 9.95.